The number of hydrogen-bond acceptors (Lipinski definition) is 3. The molecule has 1 fully saturated rings. The molecule has 0 bridgehead atoms. The van der Waals surface area contributed by atoms with Crippen molar-refractivity contribution in [2.75, 3.05) is 5.32 Å². The van der Waals surface area contributed by atoms with E-state index < -0.39 is 5.97 Å². The van der Waals surface area contributed by atoms with Crippen molar-refractivity contribution in [3.8, 4) is 5.75 Å². The van der Waals surface area contributed by atoms with Crippen LogP contribution < -0.4 is 10.1 Å². The van der Waals surface area contributed by atoms with Gasteiger partial charge in [0.05, 0.1) is 12.5 Å². The van der Waals surface area contributed by atoms with Gasteiger partial charge in [-0.05, 0) is 61.6 Å². The first-order valence-corrected chi connectivity index (χ1v) is 8.49. The van der Waals surface area contributed by atoms with Crippen LogP contribution in [-0.4, -0.2) is 23.1 Å². The largest absolute Gasteiger partial charge is 0.490 e. The van der Waals surface area contributed by atoms with Gasteiger partial charge in [-0.25, -0.2) is 0 Å². The number of hydrogen-bond donors (Lipinski definition) is 2. The summed E-state index contributed by atoms with van der Waals surface area (Å²) in [6, 6.07) is 14.0. The summed E-state index contributed by atoms with van der Waals surface area (Å²) in [6.07, 6.45) is 4.75. The number of carboxylic acid groups (broad SMARTS) is 1. The molecule has 0 spiro atoms. The zero-order chi connectivity index (χ0) is 17.6. The third-order valence-electron chi connectivity index (χ3n) is 4.27. The fraction of sp³-hybridized carbons (Fsp3) is 0.300. The van der Waals surface area contributed by atoms with Crippen LogP contribution in [0, 0.1) is 0 Å². The van der Waals surface area contributed by atoms with E-state index in [1.165, 1.54) is 12.8 Å². The third-order valence-corrected chi connectivity index (χ3v) is 4.27. The highest BCUT2D eigenvalue weighted by molar-refractivity contribution is 6.04. The minimum atomic E-state index is -0.879. The second-order valence-electron chi connectivity index (χ2n) is 6.27. The summed E-state index contributed by atoms with van der Waals surface area (Å²) in [5.41, 5.74) is 1.85. The summed E-state index contributed by atoms with van der Waals surface area (Å²) in [4.78, 5) is 23.1. The first-order valence-electron chi connectivity index (χ1n) is 8.49. The Bertz CT molecular complexity index is 749. The van der Waals surface area contributed by atoms with E-state index in [-0.39, 0.29) is 18.4 Å². The van der Waals surface area contributed by atoms with Crippen molar-refractivity contribution < 1.29 is 19.4 Å². The van der Waals surface area contributed by atoms with Crippen molar-refractivity contribution in [2.45, 2.75) is 38.2 Å². The van der Waals surface area contributed by atoms with Crippen LogP contribution >= 0.6 is 0 Å². The van der Waals surface area contributed by atoms with Crippen LogP contribution in [-0.2, 0) is 11.2 Å². The normalized spacial score (nSPS) is 14.2. The second kappa shape index (κ2) is 7.83. The van der Waals surface area contributed by atoms with Crippen molar-refractivity contribution in [2.24, 2.45) is 0 Å². The van der Waals surface area contributed by atoms with Crippen LogP contribution in [0.25, 0.3) is 0 Å². The minimum Gasteiger partial charge on any atom is -0.490 e. The van der Waals surface area contributed by atoms with Gasteiger partial charge >= 0.3 is 5.97 Å². The average molecular weight is 339 g/mol. The van der Waals surface area contributed by atoms with Crippen LogP contribution in [0.15, 0.2) is 48.5 Å². The lowest BCUT2D eigenvalue weighted by Crippen LogP contribution is -2.14. The van der Waals surface area contributed by atoms with Gasteiger partial charge in [-0.15, -0.1) is 0 Å². The summed E-state index contributed by atoms with van der Waals surface area (Å²) in [5, 5.41) is 11.6. The Hall–Kier alpha value is -2.82. The number of amides is 1. The Morgan fingerprint density at radius 2 is 1.80 bits per heavy atom. The molecule has 3 rings (SSSR count). The standard InChI is InChI=1S/C20H21NO4/c22-19(23)12-14-8-10-16(11-9-14)21-20(24)15-4-3-7-18(13-15)25-17-5-1-2-6-17/h3-4,7-11,13,17H,1-2,5-6,12H2,(H,21,24)(H,22,23). The molecule has 0 unspecified atom stereocenters. The van der Waals surface area contributed by atoms with Gasteiger partial charge in [0.2, 0.25) is 0 Å². The van der Waals surface area contributed by atoms with Gasteiger partial charge in [0.25, 0.3) is 5.91 Å². The first kappa shape index (κ1) is 17.0. The Kier molecular flexibility index (Phi) is 5.33. The maximum absolute atomic E-state index is 12.4. The molecule has 0 saturated heterocycles. The molecule has 2 aromatic rings. The SMILES string of the molecule is O=C(O)Cc1ccc(NC(=O)c2cccc(OC3CCCC3)c2)cc1. The van der Waals surface area contributed by atoms with Crippen molar-refractivity contribution in [3.63, 3.8) is 0 Å². The van der Waals surface area contributed by atoms with Gasteiger partial charge < -0.3 is 15.2 Å². The molecule has 0 aromatic heterocycles. The molecule has 0 heterocycles. The molecule has 1 saturated carbocycles. The fourth-order valence-corrected chi connectivity index (χ4v) is 2.99. The van der Waals surface area contributed by atoms with Gasteiger partial charge in [0, 0.05) is 11.3 Å². The van der Waals surface area contributed by atoms with Crippen molar-refractivity contribution in [1.29, 1.82) is 0 Å². The zero-order valence-corrected chi connectivity index (χ0v) is 13.9. The number of rotatable bonds is 6. The Morgan fingerprint density at radius 1 is 1.08 bits per heavy atom. The van der Waals surface area contributed by atoms with Gasteiger partial charge in [-0.2, -0.15) is 0 Å². The van der Waals surface area contributed by atoms with E-state index in [4.69, 9.17) is 9.84 Å². The van der Waals surface area contributed by atoms with E-state index in [9.17, 15) is 9.59 Å². The Labute approximate surface area is 146 Å². The minimum absolute atomic E-state index is 0.0330. The summed E-state index contributed by atoms with van der Waals surface area (Å²) in [5.74, 6) is -0.380. The van der Waals surface area contributed by atoms with Gasteiger partial charge in [0.1, 0.15) is 5.75 Å². The maximum Gasteiger partial charge on any atom is 0.307 e. The third kappa shape index (κ3) is 4.83. The average Bonchev–Trinajstić information content (AvgIpc) is 3.09. The molecule has 1 amide bonds. The van der Waals surface area contributed by atoms with Crippen molar-refractivity contribution in [1.82, 2.24) is 0 Å². The predicted molar refractivity (Wildman–Crippen MR) is 95.1 cm³/mol. The van der Waals surface area contributed by atoms with E-state index >= 15 is 0 Å². The molecule has 0 atom stereocenters. The fourth-order valence-electron chi connectivity index (χ4n) is 2.99. The molecule has 0 radical (unpaired) electrons. The molecule has 25 heavy (non-hydrogen) atoms. The number of carbonyl (C=O) groups excluding carboxylic acids is 1. The van der Waals surface area contributed by atoms with Crippen molar-refractivity contribution >= 4 is 17.6 Å². The lowest BCUT2D eigenvalue weighted by atomic mass is 10.1. The summed E-state index contributed by atoms with van der Waals surface area (Å²) < 4.78 is 5.93. The summed E-state index contributed by atoms with van der Waals surface area (Å²) >= 11 is 0. The number of carboxylic acids is 1. The van der Waals surface area contributed by atoms with Gasteiger partial charge in [-0.3, -0.25) is 9.59 Å². The van der Waals surface area contributed by atoms with Crippen LogP contribution in [0.3, 0.4) is 0 Å². The summed E-state index contributed by atoms with van der Waals surface area (Å²) in [7, 11) is 0. The highest BCUT2D eigenvalue weighted by Crippen LogP contribution is 2.25. The smallest absolute Gasteiger partial charge is 0.307 e. The molecule has 5 nitrogen and oxygen atoms in total. The maximum atomic E-state index is 12.4. The number of nitrogens with one attached hydrogen (secondary N) is 1. The zero-order valence-electron chi connectivity index (χ0n) is 13.9. The van der Waals surface area contributed by atoms with E-state index in [1.54, 1.807) is 36.4 Å². The molecule has 1 aliphatic carbocycles. The molecule has 1 aliphatic rings. The van der Waals surface area contributed by atoms with E-state index in [0.717, 1.165) is 18.6 Å². The number of benzene rings is 2. The highest BCUT2D eigenvalue weighted by Gasteiger charge is 2.17. The summed E-state index contributed by atoms with van der Waals surface area (Å²) in [6.45, 7) is 0. The highest BCUT2D eigenvalue weighted by atomic mass is 16.5. The second-order valence-corrected chi connectivity index (χ2v) is 6.27. The molecule has 5 heteroatoms. The molecule has 130 valence electrons. The monoisotopic (exact) mass is 339 g/mol. The molecular formula is C20H21NO4. The van der Waals surface area contributed by atoms with Crippen LogP contribution in [0.5, 0.6) is 5.75 Å². The van der Waals surface area contributed by atoms with E-state index in [0.29, 0.717) is 16.8 Å². The van der Waals surface area contributed by atoms with Gasteiger partial charge in [-0.1, -0.05) is 18.2 Å². The number of ether oxygens (including phenoxy) is 1. The topological polar surface area (TPSA) is 75.6 Å². The number of anilines is 1. The van der Waals surface area contributed by atoms with E-state index in [1.807, 2.05) is 12.1 Å². The number of aliphatic carboxylic acids is 1. The lowest BCUT2D eigenvalue weighted by molar-refractivity contribution is -0.136. The van der Waals surface area contributed by atoms with Crippen molar-refractivity contribution in [3.05, 3.63) is 59.7 Å². The Balaban J connectivity index is 1.63. The molecule has 2 aromatic carbocycles. The number of carbonyl (C=O) groups is 2. The molecule has 2 N–H and O–H groups in total. The Morgan fingerprint density at radius 3 is 2.48 bits per heavy atom. The van der Waals surface area contributed by atoms with Gasteiger partial charge in [0.15, 0.2) is 0 Å². The predicted octanol–water partition coefficient (Wildman–Crippen LogP) is 3.89. The van der Waals surface area contributed by atoms with Crippen LogP contribution in [0.1, 0.15) is 41.6 Å². The van der Waals surface area contributed by atoms with Crippen LogP contribution in [0.4, 0.5) is 5.69 Å². The first-order chi connectivity index (χ1) is 12.1. The molecule has 0 aliphatic heterocycles. The molecular weight excluding hydrogens is 318 g/mol. The quantitative estimate of drug-likeness (QED) is 0.837. The van der Waals surface area contributed by atoms with E-state index in [2.05, 4.69) is 5.32 Å². The lowest BCUT2D eigenvalue weighted by Gasteiger charge is -2.14. The van der Waals surface area contributed by atoms with Crippen LogP contribution in [0.2, 0.25) is 0 Å².